The summed E-state index contributed by atoms with van der Waals surface area (Å²) in [5.41, 5.74) is 5.16. The van der Waals surface area contributed by atoms with Gasteiger partial charge in [-0.3, -0.25) is 11.3 Å². The summed E-state index contributed by atoms with van der Waals surface area (Å²) in [5, 5.41) is 0. The zero-order valence-electron chi connectivity index (χ0n) is 9.48. The van der Waals surface area contributed by atoms with Gasteiger partial charge in [0.1, 0.15) is 6.10 Å². The molecule has 1 aliphatic rings. The third-order valence-corrected chi connectivity index (χ3v) is 2.79. The molecule has 88 valence electrons. The van der Waals surface area contributed by atoms with E-state index in [9.17, 15) is 0 Å². The number of hydrazine groups is 1. The van der Waals surface area contributed by atoms with Crippen LogP contribution in [0.15, 0.2) is 24.3 Å². The van der Waals surface area contributed by atoms with E-state index >= 15 is 0 Å². The van der Waals surface area contributed by atoms with Crippen molar-refractivity contribution in [3.05, 3.63) is 35.4 Å². The number of aryl methyl sites for hydroxylation is 1. The van der Waals surface area contributed by atoms with E-state index in [4.69, 9.17) is 15.3 Å². The lowest BCUT2D eigenvalue weighted by Gasteiger charge is -2.30. The number of nitrogens with one attached hydrogen (secondary N) is 1. The van der Waals surface area contributed by atoms with Crippen molar-refractivity contribution in [2.45, 2.75) is 19.1 Å². The minimum atomic E-state index is -0.0137. The Balaban J connectivity index is 2.14. The molecule has 0 spiro atoms. The van der Waals surface area contributed by atoms with Gasteiger partial charge in [0, 0.05) is 0 Å². The maximum absolute atomic E-state index is 5.66. The first kappa shape index (κ1) is 11.5. The zero-order valence-corrected chi connectivity index (χ0v) is 9.48. The van der Waals surface area contributed by atoms with E-state index in [0.717, 1.165) is 5.56 Å². The second-order valence-electron chi connectivity index (χ2n) is 4.04. The molecule has 1 heterocycles. The molecule has 2 atom stereocenters. The highest BCUT2D eigenvalue weighted by molar-refractivity contribution is 5.25. The average molecular weight is 222 g/mol. The second kappa shape index (κ2) is 5.41. The Hall–Kier alpha value is -0.940. The highest BCUT2D eigenvalue weighted by atomic mass is 16.6. The van der Waals surface area contributed by atoms with Crippen molar-refractivity contribution >= 4 is 0 Å². The van der Waals surface area contributed by atoms with Crippen molar-refractivity contribution in [3.63, 3.8) is 0 Å². The molecule has 2 rings (SSSR count). The molecule has 16 heavy (non-hydrogen) atoms. The van der Waals surface area contributed by atoms with E-state index in [0.29, 0.717) is 19.8 Å². The Labute approximate surface area is 95.7 Å². The van der Waals surface area contributed by atoms with Gasteiger partial charge in [0.25, 0.3) is 0 Å². The highest BCUT2D eigenvalue weighted by Crippen LogP contribution is 2.21. The summed E-state index contributed by atoms with van der Waals surface area (Å²) in [4.78, 5) is 0. The van der Waals surface area contributed by atoms with Gasteiger partial charge in [-0.05, 0) is 12.5 Å². The lowest BCUT2D eigenvalue weighted by Crippen LogP contribution is -2.43. The normalized spacial score (nSPS) is 23.0. The number of hydrogen-bond donors (Lipinski definition) is 2. The third kappa shape index (κ3) is 2.59. The third-order valence-electron chi connectivity index (χ3n) is 2.79. The van der Waals surface area contributed by atoms with Crippen molar-refractivity contribution < 1.29 is 9.47 Å². The van der Waals surface area contributed by atoms with Crippen LogP contribution in [0.25, 0.3) is 0 Å². The molecule has 1 fully saturated rings. The monoisotopic (exact) mass is 222 g/mol. The van der Waals surface area contributed by atoms with Crippen molar-refractivity contribution in [2.24, 2.45) is 5.84 Å². The van der Waals surface area contributed by atoms with E-state index in [-0.39, 0.29) is 12.1 Å². The molecular weight excluding hydrogens is 204 g/mol. The SMILES string of the molecule is Cc1cccc(C(NN)C2COCCO2)c1. The summed E-state index contributed by atoms with van der Waals surface area (Å²) >= 11 is 0. The number of hydrogen-bond acceptors (Lipinski definition) is 4. The Morgan fingerprint density at radius 2 is 2.31 bits per heavy atom. The van der Waals surface area contributed by atoms with Gasteiger partial charge < -0.3 is 9.47 Å². The molecule has 1 aliphatic heterocycles. The summed E-state index contributed by atoms with van der Waals surface area (Å²) in [7, 11) is 0. The van der Waals surface area contributed by atoms with Gasteiger partial charge in [-0.25, -0.2) is 0 Å². The van der Waals surface area contributed by atoms with E-state index in [1.54, 1.807) is 0 Å². The zero-order chi connectivity index (χ0) is 11.4. The molecule has 1 saturated heterocycles. The fourth-order valence-corrected chi connectivity index (χ4v) is 1.98. The molecule has 2 unspecified atom stereocenters. The van der Waals surface area contributed by atoms with Crippen molar-refractivity contribution in [3.8, 4) is 0 Å². The van der Waals surface area contributed by atoms with Crippen molar-refractivity contribution in [2.75, 3.05) is 19.8 Å². The summed E-state index contributed by atoms with van der Waals surface area (Å²) < 4.78 is 11.1. The second-order valence-corrected chi connectivity index (χ2v) is 4.04. The number of nitrogens with two attached hydrogens (primary N) is 1. The van der Waals surface area contributed by atoms with Gasteiger partial charge in [-0.15, -0.1) is 0 Å². The van der Waals surface area contributed by atoms with Crippen LogP contribution >= 0.6 is 0 Å². The van der Waals surface area contributed by atoms with Crippen LogP contribution in [-0.2, 0) is 9.47 Å². The largest absolute Gasteiger partial charge is 0.376 e. The number of benzene rings is 1. The standard InChI is InChI=1S/C12H18N2O2/c1-9-3-2-4-10(7-9)12(14-13)11-8-15-5-6-16-11/h2-4,7,11-12,14H,5-6,8,13H2,1H3. The van der Waals surface area contributed by atoms with Gasteiger partial charge >= 0.3 is 0 Å². The number of rotatable bonds is 3. The predicted octanol–water partition coefficient (Wildman–Crippen LogP) is 0.915. The Bertz CT molecular complexity index is 338. The van der Waals surface area contributed by atoms with Crippen LogP contribution in [0.1, 0.15) is 17.2 Å². The van der Waals surface area contributed by atoms with Crippen LogP contribution in [0, 0.1) is 6.92 Å². The smallest absolute Gasteiger partial charge is 0.102 e. The summed E-state index contributed by atoms with van der Waals surface area (Å²) in [6, 6.07) is 8.24. The summed E-state index contributed by atoms with van der Waals surface area (Å²) in [5.74, 6) is 5.60. The van der Waals surface area contributed by atoms with E-state index < -0.39 is 0 Å². The van der Waals surface area contributed by atoms with Gasteiger partial charge in [-0.1, -0.05) is 29.8 Å². The Kier molecular flexibility index (Phi) is 3.90. The van der Waals surface area contributed by atoms with Crippen LogP contribution in [0.4, 0.5) is 0 Å². The molecular formula is C12H18N2O2. The molecule has 0 amide bonds. The lowest BCUT2D eigenvalue weighted by atomic mass is 10.0. The topological polar surface area (TPSA) is 56.5 Å². The molecule has 0 saturated carbocycles. The van der Waals surface area contributed by atoms with Crippen LogP contribution < -0.4 is 11.3 Å². The van der Waals surface area contributed by atoms with E-state index in [1.807, 2.05) is 6.07 Å². The maximum atomic E-state index is 5.66. The van der Waals surface area contributed by atoms with Gasteiger partial charge in [-0.2, -0.15) is 0 Å². The van der Waals surface area contributed by atoms with E-state index in [1.165, 1.54) is 5.56 Å². The first-order chi connectivity index (χ1) is 7.81. The van der Waals surface area contributed by atoms with Crippen LogP contribution in [-0.4, -0.2) is 25.9 Å². The van der Waals surface area contributed by atoms with Crippen molar-refractivity contribution in [1.29, 1.82) is 0 Å². The molecule has 0 aliphatic carbocycles. The highest BCUT2D eigenvalue weighted by Gasteiger charge is 2.25. The molecule has 4 nitrogen and oxygen atoms in total. The quantitative estimate of drug-likeness (QED) is 0.589. The Morgan fingerprint density at radius 1 is 1.44 bits per heavy atom. The molecule has 4 heteroatoms. The summed E-state index contributed by atoms with van der Waals surface area (Å²) in [6.45, 7) is 3.95. The fraction of sp³-hybridized carbons (Fsp3) is 0.500. The minimum absolute atomic E-state index is 0.0134. The predicted molar refractivity (Wildman–Crippen MR) is 61.8 cm³/mol. The fourth-order valence-electron chi connectivity index (χ4n) is 1.98. The van der Waals surface area contributed by atoms with Crippen LogP contribution in [0.3, 0.4) is 0 Å². The molecule has 0 bridgehead atoms. The van der Waals surface area contributed by atoms with Gasteiger partial charge in [0.15, 0.2) is 0 Å². The average Bonchev–Trinajstić information content (AvgIpc) is 2.31. The Morgan fingerprint density at radius 3 is 2.94 bits per heavy atom. The molecule has 0 radical (unpaired) electrons. The lowest BCUT2D eigenvalue weighted by molar-refractivity contribution is -0.102. The molecule has 1 aromatic carbocycles. The van der Waals surface area contributed by atoms with Crippen LogP contribution in [0.5, 0.6) is 0 Å². The minimum Gasteiger partial charge on any atom is -0.376 e. The molecule has 0 aromatic heterocycles. The van der Waals surface area contributed by atoms with E-state index in [2.05, 4.69) is 30.5 Å². The maximum Gasteiger partial charge on any atom is 0.102 e. The van der Waals surface area contributed by atoms with Gasteiger partial charge in [0.05, 0.1) is 25.9 Å². The number of ether oxygens (including phenoxy) is 2. The van der Waals surface area contributed by atoms with Gasteiger partial charge in [0.2, 0.25) is 0 Å². The first-order valence-electron chi connectivity index (χ1n) is 5.53. The summed E-state index contributed by atoms with van der Waals surface area (Å²) in [6.07, 6.45) is -0.0134. The molecule has 1 aromatic rings. The molecule has 3 N–H and O–H groups in total. The first-order valence-corrected chi connectivity index (χ1v) is 5.53. The van der Waals surface area contributed by atoms with Crippen LogP contribution in [0.2, 0.25) is 0 Å². The van der Waals surface area contributed by atoms with Crippen molar-refractivity contribution in [1.82, 2.24) is 5.43 Å².